The van der Waals surface area contributed by atoms with Crippen molar-refractivity contribution >= 4 is 17.5 Å². The zero-order valence-electron chi connectivity index (χ0n) is 10.9. The third-order valence-corrected chi connectivity index (χ3v) is 3.75. The number of hydrogen-bond acceptors (Lipinski definition) is 2. The first-order chi connectivity index (χ1) is 8.60. The van der Waals surface area contributed by atoms with Crippen LogP contribution < -0.4 is 0 Å². The lowest BCUT2D eigenvalue weighted by molar-refractivity contribution is 0.0671. The molecule has 18 heavy (non-hydrogen) atoms. The minimum atomic E-state index is 0.0838. The highest BCUT2D eigenvalue weighted by molar-refractivity contribution is 6.29. The Morgan fingerprint density at radius 3 is 3.00 bits per heavy atom. The fraction of sp³-hybridized carbons (Fsp3) is 0.571. The van der Waals surface area contributed by atoms with Crippen LogP contribution in [0.3, 0.4) is 0 Å². The second kappa shape index (κ2) is 5.70. The third kappa shape index (κ3) is 3.02. The SMILES string of the molecule is CCC1CCCN(C(=O)c2cc(C)nc(Cl)c2)C1. The van der Waals surface area contributed by atoms with E-state index >= 15 is 0 Å². The minimum Gasteiger partial charge on any atom is -0.338 e. The van der Waals surface area contributed by atoms with Gasteiger partial charge >= 0.3 is 0 Å². The Kier molecular flexibility index (Phi) is 4.23. The van der Waals surface area contributed by atoms with Crippen molar-refractivity contribution in [1.82, 2.24) is 9.88 Å². The van der Waals surface area contributed by atoms with Gasteiger partial charge < -0.3 is 4.90 Å². The Morgan fingerprint density at radius 1 is 1.56 bits per heavy atom. The number of hydrogen-bond donors (Lipinski definition) is 0. The van der Waals surface area contributed by atoms with Gasteiger partial charge in [-0.1, -0.05) is 24.9 Å². The Balaban J connectivity index is 2.15. The molecule has 0 bridgehead atoms. The smallest absolute Gasteiger partial charge is 0.254 e. The molecule has 0 saturated carbocycles. The van der Waals surface area contributed by atoms with Crippen molar-refractivity contribution in [1.29, 1.82) is 0 Å². The summed E-state index contributed by atoms with van der Waals surface area (Å²) >= 11 is 5.91. The molecule has 0 radical (unpaired) electrons. The van der Waals surface area contributed by atoms with Gasteiger partial charge in [0.15, 0.2) is 0 Å². The average Bonchev–Trinajstić information content (AvgIpc) is 2.37. The topological polar surface area (TPSA) is 33.2 Å². The van der Waals surface area contributed by atoms with E-state index in [2.05, 4.69) is 11.9 Å². The summed E-state index contributed by atoms with van der Waals surface area (Å²) in [7, 11) is 0. The number of piperidine rings is 1. The van der Waals surface area contributed by atoms with Gasteiger partial charge in [0.25, 0.3) is 5.91 Å². The number of aromatic nitrogens is 1. The number of likely N-dealkylation sites (tertiary alicyclic amines) is 1. The molecule has 1 aliphatic heterocycles. The summed E-state index contributed by atoms with van der Waals surface area (Å²) in [5, 5.41) is 0.391. The van der Waals surface area contributed by atoms with Gasteiger partial charge in [-0.3, -0.25) is 4.79 Å². The highest BCUT2D eigenvalue weighted by Crippen LogP contribution is 2.21. The first-order valence-corrected chi connectivity index (χ1v) is 6.91. The zero-order valence-corrected chi connectivity index (χ0v) is 11.7. The van der Waals surface area contributed by atoms with Crippen LogP contribution in [0, 0.1) is 12.8 Å². The number of carbonyl (C=O) groups is 1. The summed E-state index contributed by atoms with van der Waals surface area (Å²) in [6.07, 6.45) is 3.47. The molecule has 1 fully saturated rings. The molecule has 4 heteroatoms. The van der Waals surface area contributed by atoms with E-state index in [-0.39, 0.29) is 5.91 Å². The predicted molar refractivity (Wildman–Crippen MR) is 72.9 cm³/mol. The van der Waals surface area contributed by atoms with Gasteiger partial charge in [-0.15, -0.1) is 0 Å². The van der Waals surface area contributed by atoms with Crippen molar-refractivity contribution in [2.24, 2.45) is 5.92 Å². The molecule has 1 unspecified atom stereocenters. The predicted octanol–water partition coefficient (Wildman–Crippen LogP) is 3.31. The van der Waals surface area contributed by atoms with Crippen LogP contribution in [-0.4, -0.2) is 28.9 Å². The summed E-state index contributed by atoms with van der Waals surface area (Å²) in [5.41, 5.74) is 1.44. The molecule has 2 rings (SSSR count). The first-order valence-electron chi connectivity index (χ1n) is 6.53. The summed E-state index contributed by atoms with van der Waals surface area (Å²) in [6.45, 7) is 5.77. The molecule has 1 aromatic heterocycles. The van der Waals surface area contributed by atoms with E-state index in [4.69, 9.17) is 11.6 Å². The number of aryl methyl sites for hydroxylation is 1. The molecule has 2 heterocycles. The quantitative estimate of drug-likeness (QED) is 0.770. The summed E-state index contributed by atoms with van der Waals surface area (Å²) < 4.78 is 0. The number of halogens is 1. The fourth-order valence-corrected chi connectivity index (χ4v) is 2.77. The second-order valence-electron chi connectivity index (χ2n) is 4.99. The largest absolute Gasteiger partial charge is 0.338 e. The molecule has 1 atom stereocenters. The number of amides is 1. The normalized spacial score (nSPS) is 19.9. The maximum atomic E-state index is 12.4. The minimum absolute atomic E-state index is 0.0838. The van der Waals surface area contributed by atoms with E-state index in [1.54, 1.807) is 6.07 Å². The summed E-state index contributed by atoms with van der Waals surface area (Å²) in [5.74, 6) is 0.724. The van der Waals surface area contributed by atoms with Gasteiger partial charge in [-0.2, -0.15) is 0 Å². The molecule has 3 nitrogen and oxygen atoms in total. The van der Waals surface area contributed by atoms with Crippen LogP contribution in [0.4, 0.5) is 0 Å². The lowest BCUT2D eigenvalue weighted by atomic mass is 9.95. The molecule has 1 aliphatic rings. The Labute approximate surface area is 113 Å². The highest BCUT2D eigenvalue weighted by Gasteiger charge is 2.23. The van der Waals surface area contributed by atoms with E-state index in [9.17, 15) is 4.79 Å². The summed E-state index contributed by atoms with van der Waals surface area (Å²) in [6, 6.07) is 3.47. The van der Waals surface area contributed by atoms with E-state index in [1.807, 2.05) is 17.9 Å². The molecule has 1 aromatic rings. The van der Waals surface area contributed by atoms with Gasteiger partial charge in [0.1, 0.15) is 5.15 Å². The van der Waals surface area contributed by atoms with Crippen LogP contribution in [0.2, 0.25) is 5.15 Å². The van der Waals surface area contributed by atoms with Gasteiger partial charge in [-0.25, -0.2) is 4.98 Å². The molecule has 0 aliphatic carbocycles. The lowest BCUT2D eigenvalue weighted by Gasteiger charge is -2.32. The number of rotatable bonds is 2. The third-order valence-electron chi connectivity index (χ3n) is 3.55. The Bertz CT molecular complexity index is 427. The zero-order chi connectivity index (χ0) is 13.1. The van der Waals surface area contributed by atoms with Crippen molar-refractivity contribution < 1.29 is 4.79 Å². The van der Waals surface area contributed by atoms with Crippen LogP contribution in [0.1, 0.15) is 42.2 Å². The van der Waals surface area contributed by atoms with Gasteiger partial charge in [0.2, 0.25) is 0 Å². The van der Waals surface area contributed by atoms with Crippen LogP contribution in [0.25, 0.3) is 0 Å². The van der Waals surface area contributed by atoms with Crippen molar-refractivity contribution in [2.45, 2.75) is 33.1 Å². The van der Waals surface area contributed by atoms with Crippen molar-refractivity contribution in [2.75, 3.05) is 13.1 Å². The van der Waals surface area contributed by atoms with Gasteiger partial charge in [0, 0.05) is 24.3 Å². The van der Waals surface area contributed by atoms with Crippen molar-refractivity contribution in [3.8, 4) is 0 Å². The van der Waals surface area contributed by atoms with Crippen LogP contribution in [-0.2, 0) is 0 Å². The number of carbonyl (C=O) groups excluding carboxylic acids is 1. The number of nitrogens with zero attached hydrogens (tertiary/aromatic N) is 2. The lowest BCUT2D eigenvalue weighted by Crippen LogP contribution is -2.39. The molecular formula is C14H19ClN2O. The second-order valence-corrected chi connectivity index (χ2v) is 5.37. The molecule has 0 aromatic carbocycles. The van der Waals surface area contributed by atoms with E-state index < -0.39 is 0 Å². The molecule has 0 spiro atoms. The molecular weight excluding hydrogens is 248 g/mol. The van der Waals surface area contributed by atoms with Gasteiger partial charge in [-0.05, 0) is 37.8 Å². The fourth-order valence-electron chi connectivity index (χ4n) is 2.52. The molecule has 1 saturated heterocycles. The Hall–Kier alpha value is -1.09. The van der Waals surface area contributed by atoms with E-state index in [0.29, 0.717) is 16.6 Å². The average molecular weight is 267 g/mol. The maximum absolute atomic E-state index is 12.4. The maximum Gasteiger partial charge on any atom is 0.254 e. The first kappa shape index (κ1) is 13.3. The van der Waals surface area contributed by atoms with Crippen molar-refractivity contribution in [3.05, 3.63) is 28.5 Å². The molecule has 1 amide bonds. The van der Waals surface area contributed by atoms with Gasteiger partial charge in [0.05, 0.1) is 0 Å². The van der Waals surface area contributed by atoms with E-state index in [0.717, 1.165) is 31.6 Å². The van der Waals surface area contributed by atoms with E-state index in [1.165, 1.54) is 6.42 Å². The summed E-state index contributed by atoms with van der Waals surface area (Å²) in [4.78, 5) is 18.4. The Morgan fingerprint density at radius 2 is 2.33 bits per heavy atom. The van der Waals surface area contributed by atoms with Crippen LogP contribution in [0.5, 0.6) is 0 Å². The standard InChI is InChI=1S/C14H19ClN2O/c1-3-11-5-4-6-17(9-11)14(18)12-7-10(2)16-13(15)8-12/h7-8,11H,3-6,9H2,1-2H3. The number of pyridine rings is 1. The van der Waals surface area contributed by atoms with Crippen LogP contribution >= 0.6 is 11.6 Å². The van der Waals surface area contributed by atoms with Crippen LogP contribution in [0.15, 0.2) is 12.1 Å². The molecule has 0 N–H and O–H groups in total. The molecule has 98 valence electrons. The monoisotopic (exact) mass is 266 g/mol. The highest BCUT2D eigenvalue weighted by atomic mass is 35.5. The van der Waals surface area contributed by atoms with Crippen molar-refractivity contribution in [3.63, 3.8) is 0 Å².